The van der Waals surface area contributed by atoms with Gasteiger partial charge in [0.05, 0.1) is 12.1 Å². The summed E-state index contributed by atoms with van der Waals surface area (Å²) in [5.41, 5.74) is 6.81. The summed E-state index contributed by atoms with van der Waals surface area (Å²) in [6.07, 6.45) is 3.21. The molecule has 0 saturated carbocycles. The van der Waals surface area contributed by atoms with Crippen molar-refractivity contribution in [3.8, 4) is 0 Å². The van der Waals surface area contributed by atoms with Crippen molar-refractivity contribution in [2.45, 2.75) is 30.8 Å². The zero-order valence-electron chi connectivity index (χ0n) is 13.3. The van der Waals surface area contributed by atoms with Crippen molar-refractivity contribution in [3.63, 3.8) is 0 Å². The molecule has 0 amide bonds. The summed E-state index contributed by atoms with van der Waals surface area (Å²) >= 11 is 0. The van der Waals surface area contributed by atoms with Crippen LogP contribution in [0.4, 0.5) is 0 Å². The Hall–Kier alpha value is -0.940. The number of hydrogen-bond acceptors (Lipinski definition) is 4. The Labute approximate surface area is 128 Å². The van der Waals surface area contributed by atoms with E-state index in [2.05, 4.69) is 23.9 Å². The monoisotopic (exact) mass is 291 g/mol. The Kier molecular flexibility index (Phi) is 5.76. The Morgan fingerprint density at radius 2 is 1.90 bits per heavy atom. The van der Waals surface area contributed by atoms with Crippen molar-refractivity contribution in [3.05, 3.63) is 35.9 Å². The van der Waals surface area contributed by atoms with Crippen LogP contribution in [0.5, 0.6) is 0 Å². The molecule has 1 aliphatic rings. The van der Waals surface area contributed by atoms with Gasteiger partial charge in [0.1, 0.15) is 0 Å². The fourth-order valence-electron chi connectivity index (χ4n) is 3.08. The molecule has 1 fully saturated rings. The Morgan fingerprint density at radius 1 is 1.29 bits per heavy atom. The number of likely N-dealkylation sites (tertiary alicyclic amines) is 1. The van der Waals surface area contributed by atoms with Crippen molar-refractivity contribution in [1.29, 1.82) is 0 Å². The van der Waals surface area contributed by atoms with E-state index in [0.717, 1.165) is 18.5 Å². The Balaban J connectivity index is 1.91. The summed E-state index contributed by atoms with van der Waals surface area (Å²) in [5.74, 6) is 0. The van der Waals surface area contributed by atoms with Gasteiger partial charge < -0.3 is 20.6 Å². The van der Waals surface area contributed by atoms with Crippen LogP contribution in [-0.4, -0.2) is 61.3 Å². The minimum Gasteiger partial charge on any atom is -0.394 e. The summed E-state index contributed by atoms with van der Waals surface area (Å²) in [7, 11) is 4.36. The summed E-state index contributed by atoms with van der Waals surface area (Å²) in [6, 6.07) is 10.6. The predicted octanol–water partition coefficient (Wildman–Crippen LogP) is 1.25. The van der Waals surface area contributed by atoms with Crippen LogP contribution in [0.2, 0.25) is 0 Å². The van der Waals surface area contributed by atoms with E-state index in [4.69, 9.17) is 5.73 Å². The average molecular weight is 291 g/mol. The van der Waals surface area contributed by atoms with E-state index in [1.165, 1.54) is 25.9 Å². The van der Waals surface area contributed by atoms with E-state index in [9.17, 15) is 5.11 Å². The van der Waals surface area contributed by atoms with Crippen molar-refractivity contribution in [2.75, 3.05) is 40.3 Å². The van der Waals surface area contributed by atoms with E-state index in [1.807, 2.05) is 30.3 Å². The third kappa shape index (κ3) is 4.27. The van der Waals surface area contributed by atoms with Gasteiger partial charge in [-0.3, -0.25) is 0 Å². The van der Waals surface area contributed by atoms with E-state index in [-0.39, 0.29) is 6.61 Å². The number of piperidine rings is 1. The molecule has 4 nitrogen and oxygen atoms in total. The van der Waals surface area contributed by atoms with Gasteiger partial charge in [-0.15, -0.1) is 0 Å². The molecule has 1 aromatic rings. The fraction of sp³-hybridized carbons (Fsp3) is 0.647. The highest BCUT2D eigenvalue weighted by Crippen LogP contribution is 2.23. The summed E-state index contributed by atoms with van der Waals surface area (Å²) < 4.78 is 0. The molecule has 0 aromatic heterocycles. The molecule has 3 N–H and O–H groups in total. The maximum absolute atomic E-state index is 9.75. The van der Waals surface area contributed by atoms with Crippen molar-refractivity contribution >= 4 is 0 Å². The SMILES string of the molecule is CN1CCC(N(C)CCC(N)(CO)c2ccccc2)CC1. The summed E-state index contributed by atoms with van der Waals surface area (Å²) in [6.45, 7) is 3.24. The standard InChI is InChI=1S/C17H29N3O/c1-19-11-8-16(9-12-19)20(2)13-10-17(18,14-21)15-6-4-3-5-7-15/h3-7,16,21H,8-14,18H2,1-2H3. The van der Waals surface area contributed by atoms with Crippen LogP contribution in [0, 0.1) is 0 Å². The first-order chi connectivity index (χ1) is 10.0. The van der Waals surface area contributed by atoms with Gasteiger partial charge in [-0.25, -0.2) is 0 Å². The maximum atomic E-state index is 9.75. The lowest BCUT2D eigenvalue weighted by atomic mass is 9.88. The first-order valence-corrected chi connectivity index (χ1v) is 7.89. The zero-order valence-corrected chi connectivity index (χ0v) is 13.3. The highest BCUT2D eigenvalue weighted by atomic mass is 16.3. The zero-order chi connectivity index (χ0) is 15.3. The smallest absolute Gasteiger partial charge is 0.0656 e. The van der Waals surface area contributed by atoms with Gasteiger partial charge in [-0.1, -0.05) is 30.3 Å². The van der Waals surface area contributed by atoms with Crippen LogP contribution in [-0.2, 0) is 5.54 Å². The van der Waals surface area contributed by atoms with Gasteiger partial charge in [-0.2, -0.15) is 0 Å². The predicted molar refractivity (Wildman–Crippen MR) is 87.2 cm³/mol. The molecule has 0 spiro atoms. The molecule has 1 heterocycles. The molecule has 1 saturated heterocycles. The van der Waals surface area contributed by atoms with Crippen molar-refractivity contribution < 1.29 is 5.11 Å². The normalized spacial score (nSPS) is 20.6. The number of nitrogens with two attached hydrogens (primary N) is 1. The number of benzene rings is 1. The number of aliphatic hydroxyl groups excluding tert-OH is 1. The Morgan fingerprint density at radius 3 is 2.48 bits per heavy atom. The third-order valence-corrected chi connectivity index (χ3v) is 4.85. The molecule has 1 aromatic carbocycles. The molecular weight excluding hydrogens is 262 g/mol. The fourth-order valence-corrected chi connectivity index (χ4v) is 3.08. The lowest BCUT2D eigenvalue weighted by Gasteiger charge is -2.37. The molecule has 1 unspecified atom stereocenters. The van der Waals surface area contributed by atoms with Crippen LogP contribution in [0.1, 0.15) is 24.8 Å². The van der Waals surface area contributed by atoms with Gasteiger partial charge in [0.25, 0.3) is 0 Å². The number of nitrogens with zero attached hydrogens (tertiary/aromatic N) is 2. The Bertz CT molecular complexity index is 417. The second-order valence-corrected chi connectivity index (χ2v) is 6.45. The van der Waals surface area contributed by atoms with E-state index < -0.39 is 5.54 Å². The molecule has 118 valence electrons. The van der Waals surface area contributed by atoms with Crippen LogP contribution in [0.25, 0.3) is 0 Å². The second-order valence-electron chi connectivity index (χ2n) is 6.45. The summed E-state index contributed by atoms with van der Waals surface area (Å²) in [5, 5.41) is 9.75. The van der Waals surface area contributed by atoms with E-state index >= 15 is 0 Å². The largest absolute Gasteiger partial charge is 0.394 e. The van der Waals surface area contributed by atoms with E-state index in [1.54, 1.807) is 0 Å². The van der Waals surface area contributed by atoms with Gasteiger partial charge >= 0.3 is 0 Å². The van der Waals surface area contributed by atoms with Crippen LogP contribution < -0.4 is 5.73 Å². The lowest BCUT2D eigenvalue weighted by Crippen LogP contribution is -2.46. The van der Waals surface area contributed by atoms with Gasteiger partial charge in [0, 0.05) is 12.6 Å². The molecule has 2 rings (SSSR count). The molecule has 4 heteroatoms. The quantitative estimate of drug-likeness (QED) is 0.828. The lowest BCUT2D eigenvalue weighted by molar-refractivity contribution is 0.121. The first-order valence-electron chi connectivity index (χ1n) is 7.89. The molecule has 1 atom stereocenters. The minimum absolute atomic E-state index is 0.0156. The van der Waals surface area contributed by atoms with Crippen LogP contribution in [0.15, 0.2) is 30.3 Å². The topological polar surface area (TPSA) is 52.7 Å². The summed E-state index contributed by atoms with van der Waals surface area (Å²) in [4.78, 5) is 4.79. The van der Waals surface area contributed by atoms with Crippen molar-refractivity contribution in [2.24, 2.45) is 5.73 Å². The highest BCUT2D eigenvalue weighted by Gasteiger charge is 2.28. The minimum atomic E-state index is -0.638. The third-order valence-electron chi connectivity index (χ3n) is 4.85. The second kappa shape index (κ2) is 7.36. The number of aliphatic hydroxyl groups is 1. The van der Waals surface area contributed by atoms with Gasteiger partial charge in [0.15, 0.2) is 0 Å². The molecular formula is C17H29N3O. The average Bonchev–Trinajstić information content (AvgIpc) is 2.54. The molecule has 21 heavy (non-hydrogen) atoms. The number of hydrogen-bond donors (Lipinski definition) is 2. The molecule has 0 radical (unpaired) electrons. The first kappa shape index (κ1) is 16.4. The number of rotatable bonds is 6. The van der Waals surface area contributed by atoms with Gasteiger partial charge in [0.2, 0.25) is 0 Å². The van der Waals surface area contributed by atoms with Crippen LogP contribution in [0.3, 0.4) is 0 Å². The highest BCUT2D eigenvalue weighted by molar-refractivity contribution is 5.24. The maximum Gasteiger partial charge on any atom is 0.0656 e. The molecule has 1 aliphatic heterocycles. The van der Waals surface area contributed by atoms with E-state index in [0.29, 0.717) is 6.04 Å². The molecule has 0 bridgehead atoms. The van der Waals surface area contributed by atoms with Crippen molar-refractivity contribution in [1.82, 2.24) is 9.80 Å². The van der Waals surface area contributed by atoms with Crippen LogP contribution >= 0.6 is 0 Å². The molecule has 0 aliphatic carbocycles. The van der Waals surface area contributed by atoms with Gasteiger partial charge in [-0.05, 0) is 52.0 Å².